The monoisotopic (exact) mass is 399 g/mol. The summed E-state index contributed by atoms with van der Waals surface area (Å²) in [4.78, 5) is 7.94. The van der Waals surface area contributed by atoms with Crippen LogP contribution in [0.15, 0.2) is 42.7 Å². The van der Waals surface area contributed by atoms with Gasteiger partial charge in [0.05, 0.1) is 5.69 Å². The van der Waals surface area contributed by atoms with Crippen molar-refractivity contribution in [2.45, 2.75) is 25.7 Å². The molecule has 1 aliphatic rings. The second-order valence-electron chi connectivity index (χ2n) is 5.62. The minimum atomic E-state index is 0. The van der Waals surface area contributed by atoms with Gasteiger partial charge in [-0.05, 0) is 61.1 Å². The van der Waals surface area contributed by atoms with E-state index in [4.69, 9.17) is 5.90 Å². The molecule has 0 spiro atoms. The first-order valence-corrected chi connectivity index (χ1v) is 7.71. The van der Waals surface area contributed by atoms with Gasteiger partial charge in [-0.1, -0.05) is 0 Å². The number of benzene rings is 1. The maximum atomic E-state index is 10.3. The molecule has 0 saturated heterocycles. The average molecular weight is 399 g/mol. The standard InChI is InChI=1S/C17H16N2O.CH4NO.Y/c20-16-11-14(10-13-4-1-2-6-15(13)16)19-9-7-12-5-3-8-18-17(12)19;1-3-2;/h3,5,7-11,20H,1-2,4,6H2;2H,1H3;/q;-1;. The van der Waals surface area contributed by atoms with E-state index in [9.17, 15) is 5.11 Å². The molecule has 6 heteroatoms. The molecule has 1 aliphatic carbocycles. The Balaban J connectivity index is 0.000000487. The first-order valence-electron chi connectivity index (χ1n) is 7.71. The maximum absolute atomic E-state index is 10.3. The molecule has 0 bridgehead atoms. The topological polar surface area (TPSA) is 71.1 Å². The van der Waals surface area contributed by atoms with Crippen LogP contribution in [-0.4, -0.2) is 21.8 Å². The first kappa shape index (κ1) is 19.1. The van der Waals surface area contributed by atoms with Crippen LogP contribution in [0, 0.1) is 0 Å². The molecule has 1 radical (unpaired) electrons. The van der Waals surface area contributed by atoms with E-state index in [1.54, 1.807) is 6.20 Å². The Hall–Kier alpha value is -1.27. The molecule has 0 amide bonds. The van der Waals surface area contributed by atoms with Crippen LogP contribution in [0.4, 0.5) is 0 Å². The van der Waals surface area contributed by atoms with Gasteiger partial charge in [-0.3, -0.25) is 0 Å². The number of aromatic hydroxyl groups is 1. The van der Waals surface area contributed by atoms with Crippen molar-refractivity contribution < 1.29 is 42.7 Å². The van der Waals surface area contributed by atoms with Gasteiger partial charge in [0.2, 0.25) is 0 Å². The fraction of sp³-hybridized carbons (Fsp3) is 0.278. The molecule has 0 atom stereocenters. The number of nitrogens with zero attached hydrogens (tertiary/aromatic N) is 2. The second kappa shape index (κ2) is 8.72. The van der Waals surface area contributed by atoms with Gasteiger partial charge in [0.1, 0.15) is 11.4 Å². The average Bonchev–Trinajstić information content (AvgIpc) is 3.00. The molecule has 123 valence electrons. The number of fused-ring (bicyclic) bond motifs is 2. The third kappa shape index (κ3) is 3.86. The number of aromatic nitrogens is 2. The first-order chi connectivity index (χ1) is 11.2. The summed E-state index contributed by atoms with van der Waals surface area (Å²) in [5.74, 6) is 6.13. The van der Waals surface area contributed by atoms with Crippen LogP contribution >= 0.6 is 0 Å². The summed E-state index contributed by atoms with van der Waals surface area (Å²) in [6, 6.07) is 10.1. The van der Waals surface area contributed by atoms with Gasteiger partial charge in [-0.15, -0.1) is 0 Å². The summed E-state index contributed by atoms with van der Waals surface area (Å²) in [6.45, 7) is 0. The second-order valence-corrected chi connectivity index (χ2v) is 5.62. The van der Waals surface area contributed by atoms with Gasteiger partial charge >= 0.3 is 0 Å². The Morgan fingerprint density at radius 2 is 1.96 bits per heavy atom. The van der Waals surface area contributed by atoms with Crippen molar-refractivity contribution in [1.29, 1.82) is 0 Å². The largest absolute Gasteiger partial charge is 0.550 e. The van der Waals surface area contributed by atoms with Crippen LogP contribution in [0.25, 0.3) is 22.6 Å². The van der Waals surface area contributed by atoms with Crippen LogP contribution in [0.2, 0.25) is 0 Å². The van der Waals surface area contributed by atoms with Gasteiger partial charge in [0.15, 0.2) is 0 Å². The number of phenolic OH excluding ortho intramolecular Hbond substituents is 1. The zero-order valence-corrected chi connectivity index (χ0v) is 16.5. The summed E-state index contributed by atoms with van der Waals surface area (Å²) in [6.07, 6.45) is 8.25. The molecule has 2 aromatic heterocycles. The molecule has 1 aromatic carbocycles. The predicted octanol–water partition coefficient (Wildman–Crippen LogP) is 4.21. The number of rotatable bonds is 1. The molecule has 3 aromatic rings. The van der Waals surface area contributed by atoms with Gasteiger partial charge in [-0.25, -0.2) is 4.98 Å². The Bertz CT molecular complexity index is 817. The summed E-state index contributed by atoms with van der Waals surface area (Å²) in [5.41, 5.74) is 4.34. The molecule has 4 rings (SSSR count). The van der Waals surface area contributed by atoms with E-state index in [0.717, 1.165) is 35.1 Å². The Labute approximate surface area is 166 Å². The van der Waals surface area contributed by atoms with E-state index in [1.807, 2.05) is 22.9 Å². The van der Waals surface area contributed by atoms with Crippen molar-refractivity contribution >= 4 is 11.0 Å². The molecular weight excluding hydrogens is 379 g/mol. The van der Waals surface area contributed by atoms with E-state index in [-0.39, 0.29) is 32.7 Å². The molecule has 2 N–H and O–H groups in total. The van der Waals surface area contributed by atoms with Crippen LogP contribution in [0.5, 0.6) is 5.75 Å². The van der Waals surface area contributed by atoms with E-state index < -0.39 is 0 Å². The van der Waals surface area contributed by atoms with E-state index >= 15 is 0 Å². The van der Waals surface area contributed by atoms with Gasteiger partial charge in [-0.2, -0.15) is 0 Å². The maximum Gasteiger partial charge on any atom is 0.144 e. The fourth-order valence-corrected chi connectivity index (χ4v) is 3.14. The van der Waals surface area contributed by atoms with Crippen molar-refractivity contribution in [3.05, 3.63) is 59.7 Å². The summed E-state index contributed by atoms with van der Waals surface area (Å²) in [5, 5.41) is 11.4. The van der Waals surface area contributed by atoms with E-state index in [1.165, 1.54) is 25.5 Å². The summed E-state index contributed by atoms with van der Waals surface area (Å²) in [7, 11) is 1.29. The fourth-order valence-electron chi connectivity index (χ4n) is 3.14. The number of nitrogens with one attached hydrogen (secondary N) is 1. The number of pyridine rings is 1. The van der Waals surface area contributed by atoms with Crippen molar-refractivity contribution in [1.82, 2.24) is 9.55 Å². The van der Waals surface area contributed by atoms with Crippen molar-refractivity contribution in [2.24, 2.45) is 0 Å². The molecule has 0 saturated carbocycles. The number of hydrogen-bond donors (Lipinski definition) is 1. The SMILES string of the molecule is CO[NH-].Oc1cc(-n2ccc3cccnc32)cc2c1CCCC2.[Y]. The molecule has 0 fully saturated rings. The Kier molecular flexibility index (Phi) is 6.93. The summed E-state index contributed by atoms with van der Waals surface area (Å²) < 4.78 is 2.05. The van der Waals surface area contributed by atoms with Gasteiger partial charge < -0.3 is 20.4 Å². The van der Waals surface area contributed by atoms with Crippen molar-refractivity contribution in [2.75, 3.05) is 7.11 Å². The van der Waals surface area contributed by atoms with E-state index in [0.29, 0.717) is 5.75 Å². The molecule has 5 nitrogen and oxygen atoms in total. The minimum absolute atomic E-state index is 0. The van der Waals surface area contributed by atoms with Crippen LogP contribution < -0.4 is 0 Å². The molecule has 2 heterocycles. The molecule has 0 unspecified atom stereocenters. The van der Waals surface area contributed by atoms with Crippen molar-refractivity contribution in [3.63, 3.8) is 0 Å². The Morgan fingerprint density at radius 3 is 2.75 bits per heavy atom. The minimum Gasteiger partial charge on any atom is -0.550 e. The molecule has 24 heavy (non-hydrogen) atoms. The molecule has 0 aliphatic heterocycles. The number of phenols is 1. The molecular formula is C18H20N3O2Y-. The smallest absolute Gasteiger partial charge is 0.144 e. The van der Waals surface area contributed by atoms with Gasteiger partial charge in [0, 0.05) is 63.7 Å². The Morgan fingerprint density at radius 1 is 1.21 bits per heavy atom. The van der Waals surface area contributed by atoms with Crippen LogP contribution in [0.3, 0.4) is 0 Å². The normalized spacial score (nSPS) is 12.8. The predicted molar refractivity (Wildman–Crippen MR) is 90.7 cm³/mol. The quantitative estimate of drug-likeness (QED) is 0.624. The van der Waals surface area contributed by atoms with Crippen molar-refractivity contribution in [3.8, 4) is 11.4 Å². The third-order valence-corrected chi connectivity index (χ3v) is 4.15. The zero-order valence-electron chi connectivity index (χ0n) is 13.7. The van der Waals surface area contributed by atoms with Gasteiger partial charge in [0.25, 0.3) is 0 Å². The van der Waals surface area contributed by atoms with Crippen LogP contribution in [0.1, 0.15) is 24.0 Å². The zero-order chi connectivity index (χ0) is 16.2. The summed E-state index contributed by atoms with van der Waals surface area (Å²) >= 11 is 0. The van der Waals surface area contributed by atoms with Crippen LogP contribution in [-0.2, 0) is 50.4 Å². The van der Waals surface area contributed by atoms with E-state index in [2.05, 4.69) is 28.0 Å². The number of aryl methyl sites for hydroxylation is 1. The third-order valence-electron chi connectivity index (χ3n) is 4.15. The number of hydrogen-bond acceptors (Lipinski definition) is 3.